The molecule has 6 aliphatic rings. The average molecular weight is 671 g/mol. The van der Waals surface area contributed by atoms with Crippen LogP contribution in [0.5, 0.6) is 0 Å². The van der Waals surface area contributed by atoms with Gasteiger partial charge in [-0.15, -0.1) is 0 Å². The largest absolute Gasteiger partial charge is 0.469 e. The van der Waals surface area contributed by atoms with E-state index in [0.29, 0.717) is 13.2 Å². The lowest BCUT2D eigenvalue weighted by atomic mass is 10.1. The zero-order valence-corrected chi connectivity index (χ0v) is 28.0. The molecule has 0 bridgehead atoms. The van der Waals surface area contributed by atoms with Gasteiger partial charge in [0.2, 0.25) is 8.77 Å². The van der Waals surface area contributed by atoms with Crippen LogP contribution in [0.1, 0.15) is 55.4 Å². The quantitative estimate of drug-likeness (QED) is 0.319. The lowest BCUT2D eigenvalue weighted by Gasteiger charge is -2.29. The normalized spacial score (nSPS) is 44.2. The van der Waals surface area contributed by atoms with Crippen molar-refractivity contribution in [2.45, 2.75) is 140 Å². The van der Waals surface area contributed by atoms with E-state index in [2.05, 4.69) is 0 Å². The third kappa shape index (κ3) is 6.77. The monoisotopic (exact) mass is 670 g/mol. The summed E-state index contributed by atoms with van der Waals surface area (Å²) in [5, 5.41) is 0. The summed E-state index contributed by atoms with van der Waals surface area (Å²) in [5.41, 5.74) is 0. The first-order valence-corrected chi connectivity index (χ1v) is 16.9. The molecule has 0 N–H and O–H groups in total. The van der Waals surface area contributed by atoms with Gasteiger partial charge in [0.1, 0.15) is 24.4 Å². The maximum atomic E-state index is 6.24. The molecule has 238 valence electrons. The van der Waals surface area contributed by atoms with Gasteiger partial charge < -0.3 is 56.8 Å². The fourth-order valence-corrected chi connectivity index (χ4v) is 7.87. The van der Waals surface area contributed by atoms with E-state index in [1.54, 1.807) is 0 Å². The van der Waals surface area contributed by atoms with Crippen LogP contribution < -0.4 is 0 Å². The molecule has 42 heavy (non-hydrogen) atoms. The van der Waals surface area contributed by atoms with E-state index in [-0.39, 0.29) is 21.0 Å². The van der Waals surface area contributed by atoms with E-state index >= 15 is 0 Å². The minimum atomic E-state index is -0.825. The van der Waals surface area contributed by atoms with Crippen molar-refractivity contribution >= 4 is 54.8 Å². The molecule has 6 aliphatic heterocycles. The molecule has 6 fully saturated rings. The Morgan fingerprint density at radius 2 is 0.929 bits per heavy atom. The van der Waals surface area contributed by atoms with Gasteiger partial charge in [-0.25, -0.2) is 0 Å². The summed E-state index contributed by atoms with van der Waals surface area (Å²) in [7, 11) is 2.32. The van der Waals surface area contributed by atoms with E-state index in [1.807, 2.05) is 55.4 Å². The fourth-order valence-electron chi connectivity index (χ4n) is 5.96. The van der Waals surface area contributed by atoms with Crippen molar-refractivity contribution in [2.24, 2.45) is 0 Å². The number of hydrogen-bond donors (Lipinski definition) is 0. The smallest absolute Gasteiger partial charge is 0.231 e. The average Bonchev–Trinajstić information content (AvgIpc) is 3.67. The maximum absolute atomic E-state index is 6.24. The number of rotatable bonds is 4. The predicted octanol–water partition coefficient (Wildman–Crippen LogP) is 3.76. The van der Waals surface area contributed by atoms with Crippen molar-refractivity contribution in [3.8, 4) is 0 Å². The van der Waals surface area contributed by atoms with Gasteiger partial charge in [-0.3, -0.25) is 0 Å². The Hall–Kier alpha value is 0.0800. The topological polar surface area (TPSA) is 111 Å². The van der Waals surface area contributed by atoms with Gasteiger partial charge in [0, 0.05) is 21.6 Å². The third-order valence-electron chi connectivity index (χ3n) is 7.49. The van der Waals surface area contributed by atoms with Crippen LogP contribution in [0.15, 0.2) is 0 Å². The molecule has 0 saturated carbocycles. The van der Waals surface area contributed by atoms with Crippen LogP contribution in [0, 0.1) is 0 Å². The van der Waals surface area contributed by atoms with E-state index in [0.717, 1.165) is 21.6 Å². The Morgan fingerprint density at radius 3 is 1.26 bits per heavy atom. The van der Waals surface area contributed by atoms with E-state index in [1.165, 1.54) is 0 Å². The molecule has 0 aliphatic carbocycles. The second kappa shape index (κ2) is 11.4. The second-order valence-corrected chi connectivity index (χ2v) is 16.0. The first-order chi connectivity index (χ1) is 19.5. The van der Waals surface area contributed by atoms with Crippen molar-refractivity contribution in [1.29, 1.82) is 0 Å². The van der Waals surface area contributed by atoms with Crippen LogP contribution in [-0.4, -0.2) is 107 Å². The predicted molar refractivity (Wildman–Crippen MR) is 157 cm³/mol. The molecule has 12 nitrogen and oxygen atoms in total. The third-order valence-corrected chi connectivity index (χ3v) is 10.5. The molecular weight excluding hydrogens is 633 g/mol. The van der Waals surface area contributed by atoms with Crippen molar-refractivity contribution in [3.63, 3.8) is 0 Å². The van der Waals surface area contributed by atoms with Gasteiger partial charge >= 0.3 is 0 Å². The van der Waals surface area contributed by atoms with Crippen molar-refractivity contribution < 1.29 is 56.8 Å². The van der Waals surface area contributed by atoms with Crippen LogP contribution in [0.4, 0.5) is 0 Å². The molecule has 6 rings (SSSR count). The van der Waals surface area contributed by atoms with Crippen LogP contribution in [0.3, 0.4) is 0 Å². The molecule has 0 amide bonds. The van der Waals surface area contributed by atoms with Crippen LogP contribution in [0.2, 0.25) is 0 Å². The van der Waals surface area contributed by atoms with Crippen LogP contribution >= 0.6 is 46.0 Å². The molecular formula is C26H38O12S4. The van der Waals surface area contributed by atoms with Gasteiger partial charge in [-0.1, -0.05) is 0 Å². The second-order valence-electron chi connectivity index (χ2n) is 12.7. The highest BCUT2D eigenvalue weighted by atomic mass is 33.1. The Labute approximate surface area is 264 Å². The Kier molecular flexibility index (Phi) is 8.70. The number of thiocarbonyl (C=S) groups is 2. The van der Waals surface area contributed by atoms with E-state index in [9.17, 15) is 0 Å². The summed E-state index contributed by atoms with van der Waals surface area (Å²) in [5.74, 6) is -3.12. The molecule has 6 heterocycles. The summed E-state index contributed by atoms with van der Waals surface area (Å²) in [4.78, 5) is 0. The standard InChI is InChI=1S/C26H38O12S4/c1-23(2)27-9-11(33-23)13-15(17-19(29-13)37-25(5,6)35-17)31-21(39)41-42-22(40)32-16-14(12-10-28-24(3,4)34-12)30-20-18(16)36-26(7,8)38-20/h11-20H,9-10H2,1-8H3/t11-,12+,13-,14-,15+,16-,17+,18+,19-,20-/m0/s1. The molecule has 0 spiro atoms. The molecule has 10 atom stereocenters. The van der Waals surface area contributed by atoms with Crippen molar-refractivity contribution in [1.82, 2.24) is 0 Å². The molecule has 0 radical (unpaired) electrons. The number of ether oxygens (including phenoxy) is 12. The SMILES string of the molecule is CC1(C)O[C@@H]2O[C@@H]([C@@H]3COC(C)(C)O3)[C@@H](OC(=S)SSC(=S)O[C@H]3[C@H]([C@H]4COC(C)(C)O4)O[C@H]4OC(C)(C)O[C@@H]43)[C@H]2O1. The highest BCUT2D eigenvalue weighted by Gasteiger charge is 2.61. The molecule has 16 heteroatoms. The van der Waals surface area contributed by atoms with Crippen molar-refractivity contribution in [2.75, 3.05) is 13.2 Å². The molecule has 6 saturated heterocycles. The summed E-state index contributed by atoms with van der Waals surface area (Å²) in [6, 6.07) is 0. The first-order valence-electron chi connectivity index (χ1n) is 13.9. The molecule has 0 aromatic rings. The zero-order valence-electron chi connectivity index (χ0n) is 24.7. The van der Waals surface area contributed by atoms with Crippen LogP contribution in [0.25, 0.3) is 0 Å². The lowest BCUT2D eigenvalue weighted by Crippen LogP contribution is -2.45. The Bertz CT molecular complexity index is 990. The van der Waals surface area contributed by atoms with Gasteiger partial charge in [0.15, 0.2) is 60.1 Å². The summed E-state index contributed by atoms with van der Waals surface area (Å²) >= 11 is 11.2. The van der Waals surface area contributed by atoms with Gasteiger partial charge in [-0.05, 0) is 79.8 Å². The fraction of sp³-hybridized carbons (Fsp3) is 0.923. The summed E-state index contributed by atoms with van der Waals surface area (Å²) < 4.78 is 73.1. The van der Waals surface area contributed by atoms with Crippen LogP contribution in [-0.2, 0) is 56.8 Å². The summed E-state index contributed by atoms with van der Waals surface area (Å²) in [6.07, 6.45) is -5.21. The Balaban J connectivity index is 1.07. The lowest BCUT2D eigenvalue weighted by molar-refractivity contribution is -0.231. The minimum Gasteiger partial charge on any atom is -0.469 e. The highest BCUT2D eigenvalue weighted by molar-refractivity contribution is 8.89. The molecule has 0 unspecified atom stereocenters. The van der Waals surface area contributed by atoms with Gasteiger partial charge in [0.25, 0.3) is 0 Å². The Morgan fingerprint density at radius 1 is 0.548 bits per heavy atom. The van der Waals surface area contributed by atoms with E-state index in [4.69, 9.17) is 81.3 Å². The van der Waals surface area contributed by atoms with Crippen molar-refractivity contribution in [3.05, 3.63) is 0 Å². The number of fused-ring (bicyclic) bond motifs is 2. The summed E-state index contributed by atoms with van der Waals surface area (Å²) in [6.45, 7) is 15.4. The zero-order chi connectivity index (χ0) is 30.2. The maximum Gasteiger partial charge on any atom is 0.231 e. The van der Waals surface area contributed by atoms with Gasteiger partial charge in [-0.2, -0.15) is 0 Å². The van der Waals surface area contributed by atoms with E-state index < -0.39 is 72.4 Å². The highest BCUT2D eigenvalue weighted by Crippen LogP contribution is 2.45. The van der Waals surface area contributed by atoms with Gasteiger partial charge in [0.05, 0.1) is 13.2 Å². The first kappa shape index (κ1) is 32.0. The minimum absolute atomic E-state index is 0.227. The molecule has 0 aromatic heterocycles. The number of hydrogen-bond acceptors (Lipinski definition) is 16. The molecule has 0 aromatic carbocycles.